The van der Waals surface area contributed by atoms with Gasteiger partial charge < -0.3 is 0 Å². The Morgan fingerprint density at radius 3 is 1.76 bits per heavy atom. The Labute approximate surface area is 118 Å². The average Bonchev–Trinajstić information content (AvgIpc) is 2.46. The van der Waals surface area contributed by atoms with Crippen molar-refractivity contribution in [2.75, 3.05) is 0 Å². The van der Waals surface area contributed by atoms with Gasteiger partial charge in [-0.3, -0.25) is 0 Å². The Morgan fingerprint density at radius 2 is 1.41 bits per heavy atom. The van der Waals surface area contributed by atoms with Gasteiger partial charge in [0.1, 0.15) is 0 Å². The molecule has 1 aromatic rings. The number of halogens is 1. The summed E-state index contributed by atoms with van der Waals surface area (Å²) >= 11 is -0.0486. The molecule has 98 valence electrons. The number of hydrogen-bond acceptors (Lipinski definition) is 0. The second kappa shape index (κ2) is 20.6. The van der Waals surface area contributed by atoms with Crippen molar-refractivity contribution >= 4 is 0 Å². The minimum absolute atomic E-state index is 0.0486. The van der Waals surface area contributed by atoms with Crippen molar-refractivity contribution in [3.8, 4) is 0 Å². The van der Waals surface area contributed by atoms with Gasteiger partial charge in [0.25, 0.3) is 0 Å². The van der Waals surface area contributed by atoms with Crippen LogP contribution in [0.5, 0.6) is 0 Å². The van der Waals surface area contributed by atoms with Crippen molar-refractivity contribution in [3.63, 3.8) is 0 Å². The van der Waals surface area contributed by atoms with Crippen LogP contribution in [0.25, 0.3) is 0 Å². The van der Waals surface area contributed by atoms with Gasteiger partial charge in [-0.25, -0.2) is 0 Å². The molecule has 1 aromatic carbocycles. The fourth-order valence-electron chi connectivity index (χ4n) is 0.656. The fraction of sp³-hybridized carbons (Fsp3) is 0.250. The van der Waals surface area contributed by atoms with E-state index >= 15 is 0 Å². The molecule has 0 fully saturated rings. The fourth-order valence-corrected chi connectivity index (χ4v) is 2.45. The van der Waals surface area contributed by atoms with Crippen LogP contribution in [-0.2, 0) is 0 Å². The second-order valence-electron chi connectivity index (χ2n) is 2.04. The smallest absolute Gasteiger partial charge is 0.0683 e. The van der Waals surface area contributed by atoms with Gasteiger partial charge in [-0.15, -0.1) is 13.2 Å². The quantitative estimate of drug-likeness (QED) is 0.449. The summed E-state index contributed by atoms with van der Waals surface area (Å²) in [5.74, 6) is 0. The Hall–Kier alpha value is -0.830. The molecular weight excluding hydrogens is 319 g/mol. The van der Waals surface area contributed by atoms with Gasteiger partial charge in [-0.1, -0.05) is 27.7 Å². The predicted molar refractivity (Wildman–Crippen MR) is 78.4 cm³/mol. The molecular formula is C16H26I-. The van der Waals surface area contributed by atoms with E-state index < -0.39 is 0 Å². The summed E-state index contributed by atoms with van der Waals surface area (Å²) in [5.41, 5.74) is 0. The zero-order valence-corrected chi connectivity index (χ0v) is 13.8. The molecule has 0 aliphatic carbocycles. The van der Waals surface area contributed by atoms with Crippen molar-refractivity contribution in [3.05, 3.63) is 69.9 Å². The summed E-state index contributed by atoms with van der Waals surface area (Å²) in [5, 5.41) is 0. The van der Waals surface area contributed by atoms with Crippen LogP contribution in [0.2, 0.25) is 0 Å². The molecule has 0 spiro atoms. The number of benzene rings is 1. The van der Waals surface area contributed by atoms with E-state index in [4.69, 9.17) is 0 Å². The molecule has 0 N–H and O–H groups in total. The standard InChI is InChI=1S/C10H10I.2C2H6.C2H4/c1-3-9(2)11-10-7-5-4-6-8-10;3*1-2/h3-8H,1-2H2;2*1-2H3;1-2H2/q-1;;;. The third-order valence-electron chi connectivity index (χ3n) is 1.19. The van der Waals surface area contributed by atoms with E-state index in [9.17, 15) is 0 Å². The van der Waals surface area contributed by atoms with Crippen molar-refractivity contribution in [2.45, 2.75) is 27.7 Å². The van der Waals surface area contributed by atoms with Crippen LogP contribution < -0.4 is 21.2 Å². The summed E-state index contributed by atoms with van der Waals surface area (Å²) in [6.45, 7) is 21.6. The molecule has 1 heteroatoms. The molecule has 0 saturated heterocycles. The molecule has 0 amide bonds. The van der Waals surface area contributed by atoms with Gasteiger partial charge in [0.05, 0.1) is 0 Å². The van der Waals surface area contributed by atoms with E-state index in [1.165, 1.54) is 7.15 Å². The summed E-state index contributed by atoms with van der Waals surface area (Å²) in [7, 11) is 0. The van der Waals surface area contributed by atoms with Crippen molar-refractivity contribution in [1.82, 2.24) is 0 Å². The molecule has 0 atom stereocenters. The summed E-state index contributed by atoms with van der Waals surface area (Å²) in [6, 6.07) is 10.4. The molecule has 17 heavy (non-hydrogen) atoms. The van der Waals surface area contributed by atoms with Crippen molar-refractivity contribution in [1.29, 1.82) is 0 Å². The SMILES string of the molecule is C=C.C=CC(=C)[I-]c1ccccc1.CC.CC. The van der Waals surface area contributed by atoms with Gasteiger partial charge in [0, 0.05) is 0 Å². The topological polar surface area (TPSA) is 0 Å². The maximum absolute atomic E-state index is 3.90. The zero-order chi connectivity index (χ0) is 14.1. The van der Waals surface area contributed by atoms with Crippen LogP contribution in [0, 0.1) is 3.57 Å². The van der Waals surface area contributed by atoms with Crippen molar-refractivity contribution in [2.24, 2.45) is 0 Å². The Balaban J connectivity index is -0.000000285. The summed E-state index contributed by atoms with van der Waals surface area (Å²) in [4.78, 5) is 0. The molecule has 0 saturated carbocycles. The molecule has 0 aliphatic heterocycles. The van der Waals surface area contributed by atoms with E-state index in [1.807, 2.05) is 39.8 Å². The van der Waals surface area contributed by atoms with Gasteiger partial charge in [-0.05, 0) is 0 Å². The number of hydrogen-bond donors (Lipinski definition) is 0. The maximum Gasteiger partial charge on any atom is -0.0683 e. The van der Waals surface area contributed by atoms with E-state index in [-0.39, 0.29) is 21.2 Å². The van der Waals surface area contributed by atoms with E-state index in [0.717, 1.165) is 0 Å². The number of allylic oxidation sites excluding steroid dienone is 2. The van der Waals surface area contributed by atoms with E-state index in [2.05, 4.69) is 50.6 Å². The van der Waals surface area contributed by atoms with Crippen LogP contribution >= 0.6 is 0 Å². The molecule has 0 bridgehead atoms. The van der Waals surface area contributed by atoms with Gasteiger partial charge >= 0.3 is 77.9 Å². The first-order chi connectivity index (χ1) is 8.33. The summed E-state index contributed by atoms with van der Waals surface area (Å²) in [6.07, 6.45) is 1.85. The number of rotatable bonds is 3. The van der Waals surface area contributed by atoms with E-state index in [1.54, 1.807) is 0 Å². The molecule has 0 heterocycles. The Kier molecular flexibility index (Phi) is 26.0. The van der Waals surface area contributed by atoms with Gasteiger partial charge in [-0.2, -0.15) is 0 Å². The van der Waals surface area contributed by atoms with Crippen LogP contribution in [0.3, 0.4) is 0 Å². The van der Waals surface area contributed by atoms with Gasteiger partial charge in [0.2, 0.25) is 0 Å². The molecule has 0 aromatic heterocycles. The zero-order valence-electron chi connectivity index (χ0n) is 11.7. The van der Waals surface area contributed by atoms with Crippen LogP contribution in [0.15, 0.2) is 66.3 Å². The average molecular weight is 345 g/mol. The van der Waals surface area contributed by atoms with E-state index in [0.29, 0.717) is 0 Å². The summed E-state index contributed by atoms with van der Waals surface area (Å²) < 4.78 is 2.58. The van der Waals surface area contributed by atoms with Crippen LogP contribution in [-0.4, -0.2) is 0 Å². The van der Waals surface area contributed by atoms with Crippen LogP contribution in [0.1, 0.15) is 27.7 Å². The molecule has 0 nitrogen and oxygen atoms in total. The van der Waals surface area contributed by atoms with Crippen molar-refractivity contribution < 1.29 is 21.2 Å². The molecule has 0 radical (unpaired) electrons. The Bertz CT molecular complexity index is 262. The monoisotopic (exact) mass is 345 g/mol. The maximum atomic E-state index is 3.90. The first-order valence-corrected chi connectivity index (χ1v) is 8.00. The minimum Gasteiger partial charge on any atom is -0.0683 e. The minimum atomic E-state index is -0.0486. The predicted octanol–water partition coefficient (Wildman–Crippen LogP) is 2.50. The molecule has 0 unspecified atom stereocenters. The second-order valence-corrected chi connectivity index (χ2v) is 5.21. The van der Waals surface area contributed by atoms with Crippen LogP contribution in [0.4, 0.5) is 0 Å². The normalized spacial score (nSPS) is 7.06. The first kappa shape index (κ1) is 21.5. The molecule has 0 aliphatic rings. The third-order valence-corrected chi connectivity index (χ3v) is 3.66. The largest absolute Gasteiger partial charge is 0.0683 e. The Morgan fingerprint density at radius 1 is 1.00 bits per heavy atom. The first-order valence-electron chi connectivity index (χ1n) is 5.84. The molecule has 1 rings (SSSR count). The van der Waals surface area contributed by atoms with Gasteiger partial charge in [0.15, 0.2) is 0 Å². The third kappa shape index (κ3) is 15.2.